The van der Waals surface area contributed by atoms with E-state index in [4.69, 9.17) is 17.3 Å². The molecule has 1 aliphatic heterocycles. The topological polar surface area (TPSA) is 58.4 Å². The van der Waals surface area contributed by atoms with Gasteiger partial charge in [-0.15, -0.1) is 0 Å². The number of rotatable bonds is 3. The minimum absolute atomic E-state index is 0.149. The zero-order valence-electron chi connectivity index (χ0n) is 10.4. The van der Waals surface area contributed by atoms with Gasteiger partial charge in [-0.3, -0.25) is 4.79 Å². The van der Waals surface area contributed by atoms with Crippen LogP contribution in [0.15, 0.2) is 18.2 Å². The largest absolute Gasteiger partial charge is 0.398 e. The van der Waals surface area contributed by atoms with E-state index < -0.39 is 0 Å². The van der Waals surface area contributed by atoms with E-state index in [0.29, 0.717) is 28.7 Å². The predicted octanol–water partition coefficient (Wildman–Crippen LogP) is 1.60. The Bertz CT molecular complexity index is 450. The second-order valence-electron chi connectivity index (χ2n) is 4.86. The summed E-state index contributed by atoms with van der Waals surface area (Å²) < 4.78 is 0. The Morgan fingerprint density at radius 3 is 3.06 bits per heavy atom. The van der Waals surface area contributed by atoms with Crippen molar-refractivity contribution in [3.8, 4) is 0 Å². The first-order valence-corrected chi connectivity index (χ1v) is 6.46. The highest BCUT2D eigenvalue weighted by Crippen LogP contribution is 2.18. The summed E-state index contributed by atoms with van der Waals surface area (Å²) in [7, 11) is 2.09. The Kier molecular flexibility index (Phi) is 4.09. The Hall–Kier alpha value is -1.26. The van der Waals surface area contributed by atoms with Crippen LogP contribution in [0.2, 0.25) is 5.02 Å². The van der Waals surface area contributed by atoms with Gasteiger partial charge >= 0.3 is 0 Å². The molecular formula is C13H18ClN3O. The molecular weight excluding hydrogens is 250 g/mol. The molecule has 0 saturated carbocycles. The highest BCUT2D eigenvalue weighted by Gasteiger charge is 2.20. The van der Waals surface area contributed by atoms with Gasteiger partial charge in [-0.1, -0.05) is 11.6 Å². The van der Waals surface area contributed by atoms with Crippen molar-refractivity contribution in [3.05, 3.63) is 28.8 Å². The molecule has 1 unspecified atom stereocenters. The van der Waals surface area contributed by atoms with E-state index in [1.807, 2.05) is 0 Å². The van der Waals surface area contributed by atoms with Gasteiger partial charge in [0, 0.05) is 23.8 Å². The fourth-order valence-corrected chi connectivity index (χ4v) is 2.42. The zero-order valence-corrected chi connectivity index (χ0v) is 11.2. The molecule has 1 heterocycles. The van der Waals surface area contributed by atoms with Crippen molar-refractivity contribution in [2.24, 2.45) is 5.92 Å². The molecule has 4 nitrogen and oxygen atoms in total. The molecule has 18 heavy (non-hydrogen) atoms. The van der Waals surface area contributed by atoms with Gasteiger partial charge in [-0.2, -0.15) is 0 Å². The minimum atomic E-state index is -0.149. The fourth-order valence-electron chi connectivity index (χ4n) is 2.25. The quantitative estimate of drug-likeness (QED) is 0.818. The summed E-state index contributed by atoms with van der Waals surface area (Å²) in [6, 6.07) is 4.94. The third-order valence-electron chi connectivity index (χ3n) is 3.30. The molecule has 1 atom stereocenters. The maximum atomic E-state index is 12.0. The number of likely N-dealkylation sites (tertiary alicyclic amines) is 1. The summed E-state index contributed by atoms with van der Waals surface area (Å²) in [6.07, 6.45) is 1.13. The van der Waals surface area contributed by atoms with Crippen molar-refractivity contribution in [3.63, 3.8) is 0 Å². The number of nitrogen functional groups attached to an aromatic ring is 1. The lowest BCUT2D eigenvalue weighted by atomic mass is 10.1. The average molecular weight is 268 g/mol. The van der Waals surface area contributed by atoms with Crippen molar-refractivity contribution < 1.29 is 4.79 Å². The predicted molar refractivity (Wildman–Crippen MR) is 73.8 cm³/mol. The van der Waals surface area contributed by atoms with Crippen LogP contribution >= 0.6 is 11.6 Å². The number of nitrogens with two attached hydrogens (primary N) is 1. The number of benzene rings is 1. The van der Waals surface area contributed by atoms with Crippen LogP contribution in [0, 0.1) is 5.92 Å². The van der Waals surface area contributed by atoms with Crippen LogP contribution in [-0.2, 0) is 0 Å². The Morgan fingerprint density at radius 1 is 1.61 bits per heavy atom. The van der Waals surface area contributed by atoms with Gasteiger partial charge < -0.3 is 16.0 Å². The molecule has 3 N–H and O–H groups in total. The molecule has 2 rings (SSSR count). The second kappa shape index (κ2) is 5.59. The van der Waals surface area contributed by atoms with Crippen LogP contribution < -0.4 is 11.1 Å². The van der Waals surface area contributed by atoms with Crippen LogP contribution in [0.25, 0.3) is 0 Å². The van der Waals surface area contributed by atoms with Crippen molar-refractivity contribution in [1.29, 1.82) is 0 Å². The number of nitrogens with zero attached hydrogens (tertiary/aromatic N) is 1. The molecule has 1 saturated heterocycles. The molecule has 0 aliphatic carbocycles. The van der Waals surface area contributed by atoms with E-state index in [2.05, 4.69) is 17.3 Å². The lowest BCUT2D eigenvalue weighted by molar-refractivity contribution is 0.0948. The zero-order chi connectivity index (χ0) is 13.1. The van der Waals surface area contributed by atoms with Gasteiger partial charge in [0.1, 0.15) is 0 Å². The summed E-state index contributed by atoms with van der Waals surface area (Å²) in [5.41, 5.74) is 6.68. The van der Waals surface area contributed by atoms with Gasteiger partial charge in [0.2, 0.25) is 0 Å². The SMILES string of the molecule is CN1CCC(CNC(=O)c2cc(Cl)ccc2N)C1. The van der Waals surface area contributed by atoms with Crippen molar-refractivity contribution in [2.45, 2.75) is 6.42 Å². The molecule has 5 heteroatoms. The van der Waals surface area contributed by atoms with E-state index in [9.17, 15) is 4.79 Å². The Balaban J connectivity index is 1.93. The van der Waals surface area contributed by atoms with Crippen molar-refractivity contribution in [2.75, 3.05) is 32.4 Å². The van der Waals surface area contributed by atoms with Crippen LogP contribution in [0.5, 0.6) is 0 Å². The molecule has 0 spiro atoms. The molecule has 1 aromatic rings. The average Bonchev–Trinajstić information content (AvgIpc) is 2.75. The number of halogens is 1. The van der Waals surface area contributed by atoms with Crippen LogP contribution in [-0.4, -0.2) is 37.5 Å². The summed E-state index contributed by atoms with van der Waals surface area (Å²) in [5, 5.41) is 3.45. The minimum Gasteiger partial charge on any atom is -0.398 e. The molecule has 1 fully saturated rings. The molecule has 98 valence electrons. The molecule has 1 aliphatic rings. The van der Waals surface area contributed by atoms with E-state index in [0.717, 1.165) is 19.5 Å². The second-order valence-corrected chi connectivity index (χ2v) is 5.29. The van der Waals surface area contributed by atoms with Gasteiger partial charge in [-0.25, -0.2) is 0 Å². The molecule has 0 bridgehead atoms. The third kappa shape index (κ3) is 3.15. The smallest absolute Gasteiger partial charge is 0.253 e. The van der Waals surface area contributed by atoms with Crippen LogP contribution in [0.3, 0.4) is 0 Å². The van der Waals surface area contributed by atoms with E-state index in [1.54, 1.807) is 18.2 Å². The molecule has 0 aromatic heterocycles. The van der Waals surface area contributed by atoms with Gasteiger partial charge in [-0.05, 0) is 44.1 Å². The van der Waals surface area contributed by atoms with E-state index in [1.165, 1.54) is 0 Å². The number of hydrogen-bond donors (Lipinski definition) is 2. The highest BCUT2D eigenvalue weighted by molar-refractivity contribution is 6.31. The lowest BCUT2D eigenvalue weighted by Crippen LogP contribution is -2.30. The third-order valence-corrected chi connectivity index (χ3v) is 3.54. The van der Waals surface area contributed by atoms with Gasteiger partial charge in [0.05, 0.1) is 5.56 Å². The fraction of sp³-hybridized carbons (Fsp3) is 0.462. The van der Waals surface area contributed by atoms with E-state index >= 15 is 0 Å². The Morgan fingerprint density at radius 2 is 2.39 bits per heavy atom. The standard InChI is InChI=1S/C13H18ClN3O/c1-17-5-4-9(8-17)7-16-13(18)11-6-10(14)2-3-12(11)15/h2-3,6,9H,4-5,7-8,15H2,1H3,(H,16,18). The first-order valence-electron chi connectivity index (χ1n) is 6.08. The summed E-state index contributed by atoms with van der Waals surface area (Å²) in [5.74, 6) is 0.379. The van der Waals surface area contributed by atoms with Crippen LogP contribution in [0.1, 0.15) is 16.8 Å². The Labute approximate surface area is 112 Å². The molecule has 0 radical (unpaired) electrons. The van der Waals surface area contributed by atoms with Crippen molar-refractivity contribution in [1.82, 2.24) is 10.2 Å². The first-order chi connectivity index (χ1) is 8.56. The molecule has 1 aromatic carbocycles. The summed E-state index contributed by atoms with van der Waals surface area (Å²) in [4.78, 5) is 14.3. The maximum absolute atomic E-state index is 12.0. The highest BCUT2D eigenvalue weighted by atomic mass is 35.5. The normalized spacial score (nSPS) is 20.0. The lowest BCUT2D eigenvalue weighted by Gasteiger charge is -2.12. The van der Waals surface area contributed by atoms with Crippen LogP contribution in [0.4, 0.5) is 5.69 Å². The summed E-state index contributed by atoms with van der Waals surface area (Å²) in [6.45, 7) is 2.82. The van der Waals surface area contributed by atoms with Gasteiger partial charge in [0.25, 0.3) is 5.91 Å². The van der Waals surface area contributed by atoms with E-state index in [-0.39, 0.29) is 5.91 Å². The number of anilines is 1. The van der Waals surface area contributed by atoms with Crippen molar-refractivity contribution >= 4 is 23.2 Å². The molecule has 1 amide bonds. The summed E-state index contributed by atoms with van der Waals surface area (Å²) >= 11 is 5.87. The first kappa shape index (κ1) is 13.2. The maximum Gasteiger partial charge on any atom is 0.253 e. The number of carbonyl (C=O) groups excluding carboxylic acids is 1. The number of carbonyl (C=O) groups is 1. The number of nitrogens with one attached hydrogen (secondary N) is 1. The van der Waals surface area contributed by atoms with Gasteiger partial charge in [0.15, 0.2) is 0 Å². The number of hydrogen-bond acceptors (Lipinski definition) is 3. The number of amides is 1. The monoisotopic (exact) mass is 267 g/mol.